The number of hydrogen-bond donors (Lipinski definition) is 3. The first-order chi connectivity index (χ1) is 14.3. The molecular formula is C21H23N5O4. The smallest absolute Gasteiger partial charge is 0.272 e. The number of nitro benzene ring substituents is 1. The van der Waals surface area contributed by atoms with Crippen molar-refractivity contribution in [3.05, 3.63) is 69.5 Å². The van der Waals surface area contributed by atoms with Crippen LogP contribution in [0.2, 0.25) is 0 Å². The first-order valence-electron chi connectivity index (χ1n) is 9.53. The second-order valence-corrected chi connectivity index (χ2v) is 7.37. The Kier molecular flexibility index (Phi) is 6.10. The van der Waals surface area contributed by atoms with Crippen molar-refractivity contribution in [2.24, 2.45) is 5.92 Å². The fraction of sp³-hybridized carbons (Fsp3) is 0.286. The molecule has 9 heteroatoms. The molecule has 0 aliphatic heterocycles. The molecule has 3 aromatic rings. The summed E-state index contributed by atoms with van der Waals surface area (Å²) in [7, 11) is 0. The number of carbonyl (C=O) groups excluding carboxylic acids is 2. The molecule has 156 valence electrons. The topological polar surface area (TPSA) is 130 Å². The SMILES string of the molecule is Cc1cc(C(=O)NCC(=O)NC(c2nc3ccccc3[nH]2)C(C)C)ccc1[N+](=O)[O-]. The molecular weight excluding hydrogens is 386 g/mol. The Morgan fingerprint density at radius 2 is 1.93 bits per heavy atom. The molecule has 9 nitrogen and oxygen atoms in total. The maximum absolute atomic E-state index is 12.4. The van der Waals surface area contributed by atoms with Crippen LogP contribution in [0.4, 0.5) is 5.69 Å². The Morgan fingerprint density at radius 3 is 2.57 bits per heavy atom. The highest BCUT2D eigenvalue weighted by molar-refractivity contribution is 5.96. The van der Waals surface area contributed by atoms with E-state index in [1.807, 2.05) is 38.1 Å². The number of nitrogens with zero attached hydrogens (tertiary/aromatic N) is 2. The number of carbonyl (C=O) groups is 2. The van der Waals surface area contributed by atoms with Gasteiger partial charge in [0.2, 0.25) is 5.91 Å². The van der Waals surface area contributed by atoms with Gasteiger partial charge in [-0.25, -0.2) is 4.98 Å². The monoisotopic (exact) mass is 409 g/mol. The Balaban J connectivity index is 1.64. The number of nitro groups is 1. The van der Waals surface area contributed by atoms with Gasteiger partial charge in [0.1, 0.15) is 5.82 Å². The average Bonchev–Trinajstić information content (AvgIpc) is 3.13. The van der Waals surface area contributed by atoms with Crippen LogP contribution in [0.5, 0.6) is 0 Å². The third kappa shape index (κ3) is 4.62. The maximum Gasteiger partial charge on any atom is 0.272 e. The fourth-order valence-corrected chi connectivity index (χ4v) is 3.16. The van der Waals surface area contributed by atoms with Crippen molar-refractivity contribution >= 4 is 28.5 Å². The number of fused-ring (bicyclic) bond motifs is 1. The van der Waals surface area contributed by atoms with Crippen molar-refractivity contribution in [3.63, 3.8) is 0 Å². The quantitative estimate of drug-likeness (QED) is 0.408. The number of hydrogen-bond acceptors (Lipinski definition) is 5. The van der Waals surface area contributed by atoms with Gasteiger partial charge in [0, 0.05) is 17.2 Å². The van der Waals surface area contributed by atoms with Gasteiger partial charge in [0.05, 0.1) is 28.5 Å². The number of para-hydroxylation sites is 2. The molecule has 0 saturated heterocycles. The van der Waals surface area contributed by atoms with Gasteiger partial charge in [-0.15, -0.1) is 0 Å². The summed E-state index contributed by atoms with van der Waals surface area (Å²) >= 11 is 0. The van der Waals surface area contributed by atoms with E-state index in [1.54, 1.807) is 6.92 Å². The molecule has 3 N–H and O–H groups in total. The number of benzene rings is 2. The van der Waals surface area contributed by atoms with Crippen molar-refractivity contribution in [1.82, 2.24) is 20.6 Å². The van der Waals surface area contributed by atoms with Gasteiger partial charge in [-0.2, -0.15) is 0 Å². The highest BCUT2D eigenvalue weighted by Crippen LogP contribution is 2.22. The van der Waals surface area contributed by atoms with Gasteiger partial charge in [-0.05, 0) is 37.1 Å². The summed E-state index contributed by atoms with van der Waals surface area (Å²) < 4.78 is 0. The summed E-state index contributed by atoms with van der Waals surface area (Å²) in [6, 6.07) is 11.3. The van der Waals surface area contributed by atoms with Crippen molar-refractivity contribution in [3.8, 4) is 0 Å². The van der Waals surface area contributed by atoms with E-state index >= 15 is 0 Å². The zero-order valence-electron chi connectivity index (χ0n) is 16.9. The molecule has 0 radical (unpaired) electrons. The van der Waals surface area contributed by atoms with Crippen molar-refractivity contribution in [1.29, 1.82) is 0 Å². The number of rotatable bonds is 7. The lowest BCUT2D eigenvalue weighted by atomic mass is 10.0. The molecule has 0 aliphatic carbocycles. The molecule has 3 rings (SSSR count). The number of H-pyrrole nitrogens is 1. The molecule has 1 atom stereocenters. The first-order valence-corrected chi connectivity index (χ1v) is 9.53. The van der Waals surface area contributed by atoms with E-state index in [0.717, 1.165) is 11.0 Å². The molecule has 0 bridgehead atoms. The standard InChI is InChI=1S/C21H23N5O4/c1-12(2)19(20-23-15-6-4-5-7-16(15)24-20)25-18(27)11-22-21(28)14-8-9-17(26(29)30)13(3)10-14/h4-10,12,19H,11H2,1-3H3,(H,22,28)(H,23,24)(H,25,27). The van der Waals surface area contributed by atoms with Crippen LogP contribution in [0.1, 0.15) is 41.6 Å². The lowest BCUT2D eigenvalue weighted by Crippen LogP contribution is -2.40. The number of nitrogens with one attached hydrogen (secondary N) is 3. The van der Waals surface area contributed by atoms with Crippen LogP contribution in [-0.4, -0.2) is 33.3 Å². The van der Waals surface area contributed by atoms with E-state index in [9.17, 15) is 19.7 Å². The van der Waals surface area contributed by atoms with Crippen molar-refractivity contribution in [2.75, 3.05) is 6.54 Å². The minimum absolute atomic E-state index is 0.0603. The van der Waals surface area contributed by atoms with E-state index in [0.29, 0.717) is 11.4 Å². The molecule has 0 fully saturated rings. The number of aryl methyl sites for hydroxylation is 1. The Bertz CT molecular complexity index is 1070. The number of amides is 2. The van der Waals surface area contributed by atoms with Crippen LogP contribution >= 0.6 is 0 Å². The molecule has 2 aromatic carbocycles. The molecule has 1 aromatic heterocycles. The zero-order chi connectivity index (χ0) is 21.8. The van der Waals surface area contributed by atoms with E-state index < -0.39 is 10.8 Å². The average molecular weight is 409 g/mol. The lowest BCUT2D eigenvalue weighted by molar-refractivity contribution is -0.385. The number of aromatic amines is 1. The summed E-state index contributed by atoms with van der Waals surface area (Å²) in [5, 5.41) is 16.3. The van der Waals surface area contributed by atoms with Crippen LogP contribution in [0.15, 0.2) is 42.5 Å². The second kappa shape index (κ2) is 8.73. The van der Waals surface area contributed by atoms with E-state index in [4.69, 9.17) is 0 Å². The summed E-state index contributed by atoms with van der Waals surface area (Å²) in [6.45, 7) is 5.27. The first kappa shape index (κ1) is 21.0. The lowest BCUT2D eigenvalue weighted by Gasteiger charge is -2.20. The summed E-state index contributed by atoms with van der Waals surface area (Å²) in [4.78, 5) is 42.9. The Morgan fingerprint density at radius 1 is 1.20 bits per heavy atom. The second-order valence-electron chi connectivity index (χ2n) is 7.37. The van der Waals surface area contributed by atoms with Crippen LogP contribution in [-0.2, 0) is 4.79 Å². The van der Waals surface area contributed by atoms with E-state index in [-0.39, 0.29) is 35.7 Å². The van der Waals surface area contributed by atoms with Gasteiger partial charge >= 0.3 is 0 Å². The fourth-order valence-electron chi connectivity index (χ4n) is 3.16. The van der Waals surface area contributed by atoms with Crippen molar-refractivity contribution < 1.29 is 14.5 Å². The molecule has 30 heavy (non-hydrogen) atoms. The van der Waals surface area contributed by atoms with E-state index in [2.05, 4.69) is 20.6 Å². The Hall–Kier alpha value is -3.75. The van der Waals surface area contributed by atoms with Gasteiger partial charge in [-0.1, -0.05) is 26.0 Å². The normalized spacial score (nSPS) is 12.0. The highest BCUT2D eigenvalue weighted by atomic mass is 16.6. The molecule has 1 heterocycles. The molecule has 2 amide bonds. The molecule has 0 spiro atoms. The minimum atomic E-state index is -0.505. The maximum atomic E-state index is 12.4. The summed E-state index contributed by atoms with van der Waals surface area (Å²) in [5.41, 5.74) is 2.27. The minimum Gasteiger partial charge on any atom is -0.344 e. The predicted octanol–water partition coefficient (Wildman–Crippen LogP) is 3.02. The van der Waals surface area contributed by atoms with Gasteiger partial charge in [0.25, 0.3) is 11.6 Å². The zero-order valence-corrected chi connectivity index (χ0v) is 16.9. The summed E-state index contributed by atoms with van der Waals surface area (Å²) in [5.74, 6) is -0.117. The van der Waals surface area contributed by atoms with Gasteiger partial charge in [0.15, 0.2) is 0 Å². The molecule has 0 saturated carbocycles. The number of imidazole rings is 1. The Labute approximate surface area is 173 Å². The van der Waals surface area contributed by atoms with Crippen molar-refractivity contribution in [2.45, 2.75) is 26.8 Å². The van der Waals surface area contributed by atoms with Crippen LogP contribution in [0, 0.1) is 23.0 Å². The van der Waals surface area contributed by atoms with E-state index in [1.165, 1.54) is 18.2 Å². The van der Waals surface area contributed by atoms with Crippen LogP contribution in [0.3, 0.4) is 0 Å². The van der Waals surface area contributed by atoms with Gasteiger partial charge in [-0.3, -0.25) is 19.7 Å². The molecule has 0 aliphatic rings. The van der Waals surface area contributed by atoms with Gasteiger partial charge < -0.3 is 15.6 Å². The third-order valence-corrected chi connectivity index (χ3v) is 4.75. The van der Waals surface area contributed by atoms with Crippen LogP contribution in [0.25, 0.3) is 11.0 Å². The number of aromatic nitrogens is 2. The third-order valence-electron chi connectivity index (χ3n) is 4.75. The predicted molar refractivity (Wildman–Crippen MR) is 112 cm³/mol. The highest BCUT2D eigenvalue weighted by Gasteiger charge is 2.22. The largest absolute Gasteiger partial charge is 0.344 e. The molecule has 1 unspecified atom stereocenters. The summed E-state index contributed by atoms with van der Waals surface area (Å²) in [6.07, 6.45) is 0. The van der Waals surface area contributed by atoms with Crippen LogP contribution < -0.4 is 10.6 Å².